The highest BCUT2D eigenvalue weighted by Crippen LogP contribution is 2.50. The number of halogens is 2. The normalized spacial score (nSPS) is 28.5. The van der Waals surface area contributed by atoms with Crippen LogP contribution in [0.25, 0.3) is 0 Å². The van der Waals surface area contributed by atoms with Crippen LogP contribution >= 0.6 is 23.2 Å². The Morgan fingerprint density at radius 2 is 1.64 bits per heavy atom. The number of aryl methyl sites for hydroxylation is 1. The molecule has 1 aromatic carbocycles. The highest BCUT2D eigenvalue weighted by atomic mass is 35.5. The molecule has 0 N–H and O–H groups in total. The van der Waals surface area contributed by atoms with Crippen LogP contribution in [-0.2, 0) is 20.9 Å². The van der Waals surface area contributed by atoms with Gasteiger partial charge in [0.05, 0.1) is 47.7 Å². The number of fused-ring (bicyclic) bond motifs is 5. The van der Waals surface area contributed by atoms with E-state index in [0.717, 1.165) is 24.1 Å². The van der Waals surface area contributed by atoms with E-state index in [1.165, 1.54) is 4.90 Å². The molecule has 6 nitrogen and oxygen atoms in total. The van der Waals surface area contributed by atoms with Crippen LogP contribution in [0.3, 0.4) is 0 Å². The lowest BCUT2D eigenvalue weighted by molar-refractivity contribution is -0.124. The van der Waals surface area contributed by atoms with Gasteiger partial charge < -0.3 is 4.74 Å². The van der Waals surface area contributed by atoms with Crippen LogP contribution in [-0.4, -0.2) is 33.8 Å². The first kappa shape index (κ1) is 18.2. The van der Waals surface area contributed by atoms with Crippen molar-refractivity contribution in [3.63, 3.8) is 0 Å². The lowest BCUT2D eigenvalue weighted by Gasteiger charge is -2.18. The summed E-state index contributed by atoms with van der Waals surface area (Å²) in [6.07, 6.45) is 1.44. The van der Waals surface area contributed by atoms with Crippen LogP contribution in [0, 0.1) is 25.7 Å². The molecule has 3 saturated heterocycles. The maximum Gasteiger partial charge on any atom is 0.240 e. The van der Waals surface area contributed by atoms with Gasteiger partial charge in [-0.15, -0.1) is 0 Å². The minimum atomic E-state index is -0.355. The monoisotopic (exact) mass is 419 g/mol. The van der Waals surface area contributed by atoms with Crippen molar-refractivity contribution in [3.05, 3.63) is 45.2 Å². The van der Waals surface area contributed by atoms with Crippen LogP contribution in [0.2, 0.25) is 10.0 Å². The summed E-state index contributed by atoms with van der Waals surface area (Å²) in [5.41, 5.74) is 2.70. The minimum Gasteiger partial charge on any atom is -0.373 e. The van der Waals surface area contributed by atoms with Crippen molar-refractivity contribution in [2.24, 2.45) is 11.8 Å². The van der Waals surface area contributed by atoms with Crippen LogP contribution in [0.5, 0.6) is 0 Å². The molecule has 28 heavy (non-hydrogen) atoms. The first-order valence-electron chi connectivity index (χ1n) is 9.38. The quantitative estimate of drug-likeness (QED) is 0.713. The Bertz CT molecular complexity index is 970. The fourth-order valence-electron chi connectivity index (χ4n) is 4.93. The Morgan fingerprint density at radius 1 is 1.07 bits per heavy atom. The number of hydrogen-bond acceptors (Lipinski definition) is 4. The number of aromatic nitrogens is 2. The van der Waals surface area contributed by atoms with Crippen LogP contribution in [0.15, 0.2) is 18.2 Å². The summed E-state index contributed by atoms with van der Waals surface area (Å²) >= 11 is 12.6. The third-order valence-electron chi connectivity index (χ3n) is 6.22. The van der Waals surface area contributed by atoms with Gasteiger partial charge in [-0.3, -0.25) is 14.3 Å². The molecule has 2 amide bonds. The second kappa shape index (κ2) is 6.31. The molecule has 5 rings (SSSR count). The molecule has 2 aromatic rings. The summed E-state index contributed by atoms with van der Waals surface area (Å²) in [6.45, 7) is 4.04. The molecule has 0 aliphatic carbocycles. The van der Waals surface area contributed by atoms with E-state index in [-0.39, 0.29) is 35.9 Å². The lowest BCUT2D eigenvalue weighted by atomic mass is 9.81. The number of imide groups is 1. The number of hydrogen-bond donors (Lipinski definition) is 0. The molecule has 3 aliphatic rings. The largest absolute Gasteiger partial charge is 0.373 e. The molecule has 3 fully saturated rings. The second-order valence-corrected chi connectivity index (χ2v) is 8.55. The molecule has 2 bridgehead atoms. The van der Waals surface area contributed by atoms with Crippen molar-refractivity contribution in [1.82, 2.24) is 9.78 Å². The lowest BCUT2D eigenvalue weighted by Crippen LogP contribution is -2.35. The number of carbonyl (C=O) groups is 2. The summed E-state index contributed by atoms with van der Waals surface area (Å²) in [7, 11) is 0. The Hall–Kier alpha value is -1.89. The van der Waals surface area contributed by atoms with Crippen molar-refractivity contribution < 1.29 is 14.3 Å². The van der Waals surface area contributed by atoms with Crippen LogP contribution in [0.4, 0.5) is 5.69 Å². The zero-order chi connectivity index (χ0) is 19.7. The van der Waals surface area contributed by atoms with E-state index in [0.29, 0.717) is 28.0 Å². The molecule has 0 spiro atoms. The molecule has 146 valence electrons. The van der Waals surface area contributed by atoms with Gasteiger partial charge in [-0.05, 0) is 38.8 Å². The fraction of sp³-hybridized carbons (Fsp3) is 0.450. The number of nitrogens with zero attached hydrogens (tertiary/aromatic N) is 3. The third-order valence-corrected chi connectivity index (χ3v) is 6.93. The number of amides is 2. The number of carbonyl (C=O) groups excluding carboxylic acids is 2. The maximum atomic E-state index is 13.1. The molecule has 0 saturated carbocycles. The number of anilines is 1. The Kier molecular flexibility index (Phi) is 4.09. The molecule has 3 aliphatic heterocycles. The summed E-state index contributed by atoms with van der Waals surface area (Å²) in [6, 6.07) is 5.34. The maximum absolute atomic E-state index is 13.1. The fourth-order valence-corrected chi connectivity index (χ4v) is 5.45. The molecule has 4 atom stereocenters. The van der Waals surface area contributed by atoms with Gasteiger partial charge >= 0.3 is 0 Å². The van der Waals surface area contributed by atoms with Crippen molar-refractivity contribution in [3.8, 4) is 0 Å². The van der Waals surface area contributed by atoms with Crippen LogP contribution < -0.4 is 4.90 Å². The van der Waals surface area contributed by atoms with E-state index in [2.05, 4.69) is 5.10 Å². The van der Waals surface area contributed by atoms with Crippen LogP contribution in [0.1, 0.15) is 29.8 Å². The van der Waals surface area contributed by atoms with Crippen molar-refractivity contribution >= 4 is 40.7 Å². The number of rotatable bonds is 3. The SMILES string of the molecule is Cc1nn(Cc2c(Cl)cccc2Cl)c(C)c1N1C(=O)[C@@H]2[C@@H](C1=O)[C@H]1CC[C@H]2O1. The topological polar surface area (TPSA) is 64.4 Å². The van der Waals surface area contributed by atoms with E-state index in [1.54, 1.807) is 22.9 Å². The highest BCUT2D eigenvalue weighted by Gasteiger charge is 2.63. The van der Waals surface area contributed by atoms with E-state index < -0.39 is 0 Å². The Morgan fingerprint density at radius 3 is 2.21 bits per heavy atom. The smallest absolute Gasteiger partial charge is 0.240 e. The summed E-state index contributed by atoms with van der Waals surface area (Å²) < 4.78 is 7.56. The molecular formula is C20H19Cl2N3O3. The van der Waals surface area contributed by atoms with Crippen molar-refractivity contribution in [2.75, 3.05) is 4.90 Å². The summed E-state index contributed by atoms with van der Waals surface area (Å²) in [5.74, 6) is -1.04. The summed E-state index contributed by atoms with van der Waals surface area (Å²) in [5, 5.41) is 5.68. The van der Waals surface area contributed by atoms with Gasteiger partial charge in [-0.1, -0.05) is 29.3 Å². The minimum absolute atomic E-state index is 0.131. The van der Waals surface area contributed by atoms with E-state index in [9.17, 15) is 9.59 Å². The zero-order valence-corrected chi connectivity index (χ0v) is 17.0. The van der Waals surface area contributed by atoms with Gasteiger partial charge in [0.1, 0.15) is 0 Å². The van der Waals surface area contributed by atoms with Gasteiger partial charge in [0, 0.05) is 15.6 Å². The first-order valence-corrected chi connectivity index (χ1v) is 10.1. The standard InChI is InChI=1S/C20H19Cl2N3O3/c1-9-18(10(2)24(23-9)8-11-12(21)4-3-5-13(11)22)25-19(26)16-14-6-7-15(28-14)17(16)20(25)27/h3-5,14-17H,6-8H2,1-2H3/t14-,15-,16+,17+/m1/s1. The van der Waals surface area contributed by atoms with Gasteiger partial charge in [0.15, 0.2) is 0 Å². The van der Waals surface area contributed by atoms with Crippen molar-refractivity contribution in [2.45, 2.75) is 45.4 Å². The van der Waals surface area contributed by atoms with E-state index in [1.807, 2.05) is 13.8 Å². The molecule has 0 radical (unpaired) electrons. The second-order valence-electron chi connectivity index (χ2n) is 7.73. The number of ether oxygens (including phenoxy) is 1. The Labute approximate surface area is 172 Å². The van der Waals surface area contributed by atoms with E-state index >= 15 is 0 Å². The van der Waals surface area contributed by atoms with Crippen molar-refractivity contribution in [1.29, 1.82) is 0 Å². The number of benzene rings is 1. The molecular weight excluding hydrogens is 401 g/mol. The van der Waals surface area contributed by atoms with E-state index in [4.69, 9.17) is 27.9 Å². The average Bonchev–Trinajstić information content (AvgIpc) is 3.38. The third kappa shape index (κ3) is 2.41. The molecule has 8 heteroatoms. The predicted molar refractivity (Wildman–Crippen MR) is 105 cm³/mol. The highest BCUT2D eigenvalue weighted by molar-refractivity contribution is 6.36. The first-order chi connectivity index (χ1) is 13.4. The molecule has 0 unspecified atom stereocenters. The molecule has 4 heterocycles. The van der Waals surface area contributed by atoms with Gasteiger partial charge in [0.25, 0.3) is 0 Å². The predicted octanol–water partition coefficient (Wildman–Crippen LogP) is 3.52. The van der Waals surface area contributed by atoms with Gasteiger partial charge in [-0.25, -0.2) is 4.90 Å². The summed E-state index contributed by atoms with van der Waals surface area (Å²) in [4.78, 5) is 27.6. The zero-order valence-electron chi connectivity index (χ0n) is 15.5. The molecule has 1 aromatic heterocycles. The Balaban J connectivity index is 1.52. The van der Waals surface area contributed by atoms with Gasteiger partial charge in [-0.2, -0.15) is 5.10 Å². The average molecular weight is 420 g/mol. The van der Waals surface area contributed by atoms with Gasteiger partial charge in [0.2, 0.25) is 11.8 Å².